The molecule has 3 heteroatoms. The van der Waals surface area contributed by atoms with Gasteiger partial charge in [-0.25, -0.2) is 4.98 Å². The molecule has 0 aliphatic heterocycles. The summed E-state index contributed by atoms with van der Waals surface area (Å²) in [5.41, 5.74) is 8.81. The van der Waals surface area contributed by atoms with E-state index in [9.17, 15) is 0 Å². The molecular formula is C15H21N3. The van der Waals surface area contributed by atoms with Crippen molar-refractivity contribution in [2.45, 2.75) is 37.5 Å². The van der Waals surface area contributed by atoms with Gasteiger partial charge in [-0.05, 0) is 30.5 Å². The van der Waals surface area contributed by atoms with Crippen molar-refractivity contribution >= 4 is 11.0 Å². The molecule has 0 radical (unpaired) electrons. The van der Waals surface area contributed by atoms with Gasteiger partial charge in [-0.3, -0.25) is 0 Å². The van der Waals surface area contributed by atoms with Crippen molar-refractivity contribution in [1.82, 2.24) is 9.55 Å². The summed E-state index contributed by atoms with van der Waals surface area (Å²) >= 11 is 0. The van der Waals surface area contributed by atoms with Crippen molar-refractivity contribution in [2.24, 2.45) is 12.8 Å². The summed E-state index contributed by atoms with van der Waals surface area (Å²) in [6.07, 6.45) is 10.5. The van der Waals surface area contributed by atoms with Crippen molar-refractivity contribution in [3.63, 3.8) is 0 Å². The largest absolute Gasteiger partial charge is 0.335 e. The van der Waals surface area contributed by atoms with Gasteiger partial charge in [0.05, 0.1) is 0 Å². The fourth-order valence-corrected chi connectivity index (χ4v) is 3.45. The van der Waals surface area contributed by atoms with E-state index in [1.807, 2.05) is 12.3 Å². The van der Waals surface area contributed by atoms with Crippen LogP contribution in [0.3, 0.4) is 0 Å². The van der Waals surface area contributed by atoms with Crippen molar-refractivity contribution in [1.29, 1.82) is 0 Å². The monoisotopic (exact) mass is 243 g/mol. The van der Waals surface area contributed by atoms with Crippen molar-refractivity contribution in [2.75, 3.05) is 6.54 Å². The lowest BCUT2D eigenvalue weighted by Crippen LogP contribution is -2.37. The number of hydrogen-bond donors (Lipinski definition) is 1. The van der Waals surface area contributed by atoms with Crippen molar-refractivity contribution in [3.8, 4) is 0 Å². The molecule has 1 fully saturated rings. The molecule has 3 rings (SSSR count). The van der Waals surface area contributed by atoms with Crippen LogP contribution in [0.2, 0.25) is 0 Å². The predicted molar refractivity (Wildman–Crippen MR) is 74.5 cm³/mol. The molecule has 0 atom stereocenters. The summed E-state index contributed by atoms with van der Waals surface area (Å²) in [5.74, 6) is 0. The molecule has 2 heterocycles. The topological polar surface area (TPSA) is 43.8 Å². The smallest absolute Gasteiger partial charge is 0.139 e. The Kier molecular flexibility index (Phi) is 2.86. The molecule has 0 spiro atoms. The lowest BCUT2D eigenvalue weighted by Gasteiger charge is -2.36. The zero-order chi connectivity index (χ0) is 12.6. The van der Waals surface area contributed by atoms with E-state index >= 15 is 0 Å². The van der Waals surface area contributed by atoms with Crippen LogP contribution in [0.15, 0.2) is 24.5 Å². The Morgan fingerprint density at radius 1 is 1.33 bits per heavy atom. The van der Waals surface area contributed by atoms with Crippen LogP contribution in [0.25, 0.3) is 11.0 Å². The first-order valence-corrected chi connectivity index (χ1v) is 6.87. The second-order valence-electron chi connectivity index (χ2n) is 5.57. The molecule has 0 saturated heterocycles. The van der Waals surface area contributed by atoms with Gasteiger partial charge in [0.15, 0.2) is 0 Å². The van der Waals surface area contributed by atoms with Gasteiger partial charge < -0.3 is 10.3 Å². The third kappa shape index (κ3) is 1.65. The maximum absolute atomic E-state index is 6.14. The SMILES string of the molecule is Cn1cc(C2(CN)CCCCC2)c2cccnc21. The molecule has 1 aliphatic carbocycles. The lowest BCUT2D eigenvalue weighted by molar-refractivity contribution is 0.302. The van der Waals surface area contributed by atoms with E-state index in [0.29, 0.717) is 0 Å². The van der Waals surface area contributed by atoms with Crippen LogP contribution >= 0.6 is 0 Å². The van der Waals surface area contributed by atoms with Gasteiger partial charge >= 0.3 is 0 Å². The highest BCUT2D eigenvalue weighted by molar-refractivity contribution is 5.81. The average molecular weight is 243 g/mol. The Morgan fingerprint density at radius 3 is 2.83 bits per heavy atom. The molecule has 0 unspecified atom stereocenters. The Morgan fingerprint density at radius 2 is 2.11 bits per heavy atom. The Balaban J connectivity index is 2.18. The third-order valence-electron chi connectivity index (χ3n) is 4.51. The molecule has 1 saturated carbocycles. The van der Waals surface area contributed by atoms with Gasteiger partial charge in [0, 0.05) is 36.8 Å². The van der Waals surface area contributed by atoms with Crippen LogP contribution in [0, 0.1) is 0 Å². The number of nitrogens with zero attached hydrogens (tertiary/aromatic N) is 2. The molecule has 96 valence electrons. The fraction of sp³-hybridized carbons (Fsp3) is 0.533. The summed E-state index contributed by atoms with van der Waals surface area (Å²) in [6, 6.07) is 4.21. The number of fused-ring (bicyclic) bond motifs is 1. The van der Waals surface area contributed by atoms with E-state index in [0.717, 1.165) is 12.2 Å². The van der Waals surface area contributed by atoms with Gasteiger partial charge in [0.2, 0.25) is 0 Å². The van der Waals surface area contributed by atoms with Gasteiger partial charge in [0.25, 0.3) is 0 Å². The highest BCUT2D eigenvalue weighted by atomic mass is 15.0. The Bertz CT molecular complexity index is 550. The van der Waals surface area contributed by atoms with E-state index in [1.54, 1.807) is 0 Å². The van der Waals surface area contributed by atoms with E-state index in [4.69, 9.17) is 5.73 Å². The average Bonchev–Trinajstić information content (AvgIpc) is 2.78. The minimum atomic E-state index is 0.181. The molecule has 3 nitrogen and oxygen atoms in total. The van der Waals surface area contributed by atoms with Crippen molar-refractivity contribution in [3.05, 3.63) is 30.1 Å². The van der Waals surface area contributed by atoms with Crippen LogP contribution < -0.4 is 5.73 Å². The third-order valence-corrected chi connectivity index (χ3v) is 4.51. The number of pyridine rings is 1. The molecule has 2 aromatic heterocycles. The lowest BCUT2D eigenvalue weighted by atomic mass is 9.69. The van der Waals surface area contributed by atoms with E-state index in [1.165, 1.54) is 43.1 Å². The first kappa shape index (κ1) is 11.7. The van der Waals surface area contributed by atoms with E-state index in [-0.39, 0.29) is 5.41 Å². The summed E-state index contributed by atoms with van der Waals surface area (Å²) in [5, 5.41) is 1.28. The second-order valence-corrected chi connectivity index (χ2v) is 5.57. The summed E-state index contributed by atoms with van der Waals surface area (Å²) < 4.78 is 2.14. The Hall–Kier alpha value is -1.35. The number of aryl methyl sites for hydroxylation is 1. The van der Waals surface area contributed by atoms with E-state index < -0.39 is 0 Å². The summed E-state index contributed by atoms with van der Waals surface area (Å²) in [6.45, 7) is 0.751. The van der Waals surface area contributed by atoms with Crippen molar-refractivity contribution < 1.29 is 0 Å². The van der Waals surface area contributed by atoms with Crippen LogP contribution in [-0.4, -0.2) is 16.1 Å². The zero-order valence-electron chi connectivity index (χ0n) is 11.0. The van der Waals surface area contributed by atoms with Crippen LogP contribution in [-0.2, 0) is 12.5 Å². The minimum Gasteiger partial charge on any atom is -0.335 e. The fourth-order valence-electron chi connectivity index (χ4n) is 3.45. The minimum absolute atomic E-state index is 0.181. The standard InChI is InChI=1S/C15H21N3/c1-18-10-13(12-6-5-9-17-14(12)18)15(11-16)7-3-2-4-8-15/h5-6,9-10H,2-4,7-8,11,16H2,1H3. The number of aromatic nitrogens is 2. The van der Waals surface area contributed by atoms with E-state index in [2.05, 4.69) is 28.9 Å². The van der Waals surface area contributed by atoms with Gasteiger partial charge in [-0.2, -0.15) is 0 Å². The maximum atomic E-state index is 6.14. The summed E-state index contributed by atoms with van der Waals surface area (Å²) in [7, 11) is 2.08. The highest BCUT2D eigenvalue weighted by Gasteiger charge is 2.34. The molecule has 0 bridgehead atoms. The Labute approximate surface area is 108 Å². The molecular weight excluding hydrogens is 222 g/mol. The normalized spacial score (nSPS) is 19.2. The number of nitrogens with two attached hydrogens (primary N) is 1. The summed E-state index contributed by atoms with van der Waals surface area (Å²) in [4.78, 5) is 4.48. The second kappa shape index (κ2) is 4.39. The molecule has 2 aromatic rings. The van der Waals surface area contributed by atoms with Crippen LogP contribution in [0.1, 0.15) is 37.7 Å². The van der Waals surface area contributed by atoms with Gasteiger partial charge in [-0.15, -0.1) is 0 Å². The quantitative estimate of drug-likeness (QED) is 0.881. The first-order chi connectivity index (χ1) is 8.77. The predicted octanol–water partition coefficient (Wildman–Crippen LogP) is 2.73. The number of rotatable bonds is 2. The van der Waals surface area contributed by atoms with Crippen LogP contribution in [0.4, 0.5) is 0 Å². The van der Waals surface area contributed by atoms with Crippen LogP contribution in [0.5, 0.6) is 0 Å². The first-order valence-electron chi connectivity index (χ1n) is 6.87. The van der Waals surface area contributed by atoms with Gasteiger partial charge in [0.1, 0.15) is 5.65 Å². The molecule has 0 amide bonds. The maximum Gasteiger partial charge on any atom is 0.139 e. The molecule has 2 N–H and O–H groups in total. The highest BCUT2D eigenvalue weighted by Crippen LogP contribution is 2.41. The number of hydrogen-bond acceptors (Lipinski definition) is 2. The zero-order valence-corrected chi connectivity index (χ0v) is 11.0. The molecule has 0 aromatic carbocycles. The molecule has 1 aliphatic rings. The van der Waals surface area contributed by atoms with Gasteiger partial charge in [-0.1, -0.05) is 19.3 Å². The molecule has 18 heavy (non-hydrogen) atoms.